The van der Waals surface area contributed by atoms with Crippen molar-refractivity contribution in [1.29, 1.82) is 0 Å². The van der Waals surface area contributed by atoms with Crippen molar-refractivity contribution in [2.45, 2.75) is 20.4 Å². The average molecular weight is 518 g/mol. The minimum atomic E-state index is -0.544. The van der Waals surface area contributed by atoms with E-state index in [0.29, 0.717) is 17.0 Å². The maximum absolute atomic E-state index is 12.9. The van der Waals surface area contributed by atoms with Crippen molar-refractivity contribution in [2.75, 3.05) is 11.9 Å². The van der Waals surface area contributed by atoms with Crippen molar-refractivity contribution in [3.63, 3.8) is 0 Å². The van der Waals surface area contributed by atoms with Gasteiger partial charge < -0.3 is 10.1 Å². The van der Waals surface area contributed by atoms with Crippen LogP contribution in [0, 0.1) is 24.0 Å². The summed E-state index contributed by atoms with van der Waals surface area (Å²) in [6.45, 7) is 3.49. The fraction of sp³-hybridized carbons (Fsp3) is 0.148. The summed E-state index contributed by atoms with van der Waals surface area (Å²) >= 11 is 0.762. The number of para-hydroxylation sites is 1. The monoisotopic (exact) mass is 517 g/mol. The minimum absolute atomic E-state index is 0.156. The molecule has 0 aliphatic carbocycles. The molecule has 0 radical (unpaired) electrons. The highest BCUT2D eigenvalue weighted by Crippen LogP contribution is 2.34. The number of nitro groups is 1. The Morgan fingerprint density at radius 1 is 1.08 bits per heavy atom. The van der Waals surface area contributed by atoms with Crippen LogP contribution in [-0.2, 0) is 16.1 Å². The lowest BCUT2D eigenvalue weighted by molar-refractivity contribution is -0.385. The molecule has 188 valence electrons. The number of nitrogens with one attached hydrogen (secondary N) is 1. The van der Waals surface area contributed by atoms with E-state index in [-0.39, 0.29) is 35.2 Å². The lowest BCUT2D eigenvalue weighted by Crippen LogP contribution is -2.27. The minimum Gasteiger partial charge on any atom is -0.484 e. The Bertz CT molecular complexity index is 1440. The van der Waals surface area contributed by atoms with Gasteiger partial charge in [-0.05, 0) is 61.0 Å². The number of nitrogens with zero attached hydrogens (tertiary/aromatic N) is 2. The predicted molar refractivity (Wildman–Crippen MR) is 141 cm³/mol. The molecule has 4 rings (SSSR count). The van der Waals surface area contributed by atoms with Crippen LogP contribution in [0.1, 0.15) is 22.3 Å². The smallest absolute Gasteiger partial charge is 0.293 e. The molecule has 0 unspecified atom stereocenters. The second-order valence-electron chi connectivity index (χ2n) is 8.38. The van der Waals surface area contributed by atoms with Gasteiger partial charge in [0.1, 0.15) is 5.75 Å². The number of hydrogen-bond acceptors (Lipinski definition) is 7. The number of ether oxygens (including phenoxy) is 1. The predicted octanol–water partition coefficient (Wildman–Crippen LogP) is 5.47. The lowest BCUT2D eigenvalue weighted by atomic mass is 10.1. The fourth-order valence-electron chi connectivity index (χ4n) is 3.76. The summed E-state index contributed by atoms with van der Waals surface area (Å²) < 4.78 is 5.62. The number of imide groups is 1. The van der Waals surface area contributed by atoms with Gasteiger partial charge in [-0.2, -0.15) is 0 Å². The number of thioether (sulfide) groups is 1. The van der Waals surface area contributed by atoms with Crippen molar-refractivity contribution >= 4 is 46.3 Å². The van der Waals surface area contributed by atoms with Gasteiger partial charge in [0.25, 0.3) is 22.7 Å². The van der Waals surface area contributed by atoms with Gasteiger partial charge in [-0.15, -0.1) is 0 Å². The first-order chi connectivity index (χ1) is 17.7. The Balaban J connectivity index is 1.41. The summed E-state index contributed by atoms with van der Waals surface area (Å²) in [4.78, 5) is 49.6. The number of carbonyl (C=O) groups is 3. The molecule has 1 heterocycles. The van der Waals surface area contributed by atoms with Gasteiger partial charge in [-0.25, -0.2) is 0 Å². The van der Waals surface area contributed by atoms with Gasteiger partial charge in [0.15, 0.2) is 6.61 Å². The summed E-state index contributed by atoms with van der Waals surface area (Å²) in [7, 11) is 0. The third-order valence-electron chi connectivity index (χ3n) is 5.57. The van der Waals surface area contributed by atoms with E-state index >= 15 is 0 Å². The van der Waals surface area contributed by atoms with Crippen LogP contribution in [0.25, 0.3) is 6.08 Å². The van der Waals surface area contributed by atoms with Crippen molar-refractivity contribution in [3.05, 3.63) is 104 Å². The quantitative estimate of drug-likeness (QED) is 0.239. The normalized spacial score (nSPS) is 14.2. The first-order valence-corrected chi connectivity index (χ1v) is 12.1. The van der Waals surface area contributed by atoms with Gasteiger partial charge in [0.2, 0.25) is 0 Å². The second-order valence-corrected chi connectivity index (χ2v) is 9.37. The lowest BCUT2D eigenvalue weighted by Gasteiger charge is -2.12. The first kappa shape index (κ1) is 25.6. The Morgan fingerprint density at radius 2 is 1.86 bits per heavy atom. The number of rotatable bonds is 8. The zero-order chi connectivity index (χ0) is 26.5. The molecular weight excluding hydrogens is 494 g/mol. The number of nitro benzene ring substituents is 1. The van der Waals surface area contributed by atoms with Gasteiger partial charge in [-0.3, -0.25) is 29.4 Å². The highest BCUT2D eigenvalue weighted by atomic mass is 32.2. The topological polar surface area (TPSA) is 119 Å². The highest BCUT2D eigenvalue weighted by molar-refractivity contribution is 8.18. The summed E-state index contributed by atoms with van der Waals surface area (Å²) in [6.07, 6.45) is 1.55. The van der Waals surface area contributed by atoms with Gasteiger partial charge in [0.05, 0.1) is 16.4 Å². The maximum atomic E-state index is 12.9. The molecule has 1 saturated heterocycles. The van der Waals surface area contributed by atoms with Crippen LogP contribution in [0.3, 0.4) is 0 Å². The number of anilines is 1. The van der Waals surface area contributed by atoms with Crippen LogP contribution in [0.4, 0.5) is 16.2 Å². The number of benzene rings is 3. The summed E-state index contributed by atoms with van der Waals surface area (Å²) in [5.74, 6) is -0.426. The number of hydrogen-bond donors (Lipinski definition) is 1. The Labute approximate surface area is 217 Å². The van der Waals surface area contributed by atoms with E-state index in [1.165, 1.54) is 18.2 Å². The highest BCUT2D eigenvalue weighted by Gasteiger charge is 2.36. The van der Waals surface area contributed by atoms with Crippen molar-refractivity contribution < 1.29 is 24.0 Å². The SMILES string of the molecule is Cc1ccc(NC(=O)COc2cccc(/C=C3\SC(=O)N(Cc4ccccc4[N+](=O)[O-])C3=O)c2)c(C)c1. The zero-order valence-corrected chi connectivity index (χ0v) is 20.9. The Hall–Kier alpha value is -4.44. The molecule has 0 atom stereocenters. The molecule has 3 aromatic rings. The molecule has 1 aliphatic rings. The van der Waals surface area contributed by atoms with Crippen LogP contribution in [0.15, 0.2) is 71.6 Å². The Morgan fingerprint density at radius 3 is 2.62 bits per heavy atom. The van der Waals surface area contributed by atoms with E-state index in [1.807, 2.05) is 32.0 Å². The zero-order valence-electron chi connectivity index (χ0n) is 20.1. The second kappa shape index (κ2) is 11.1. The summed E-state index contributed by atoms with van der Waals surface area (Å²) in [5, 5.41) is 13.6. The molecule has 0 saturated carbocycles. The molecule has 37 heavy (non-hydrogen) atoms. The van der Waals surface area contributed by atoms with Crippen LogP contribution in [-0.4, -0.2) is 33.5 Å². The van der Waals surface area contributed by atoms with Crippen LogP contribution >= 0.6 is 11.8 Å². The molecule has 0 bridgehead atoms. The number of amides is 3. The third-order valence-corrected chi connectivity index (χ3v) is 6.48. The number of carbonyl (C=O) groups excluding carboxylic acids is 3. The van der Waals surface area contributed by atoms with Crippen LogP contribution < -0.4 is 10.1 Å². The van der Waals surface area contributed by atoms with Crippen LogP contribution in [0.2, 0.25) is 0 Å². The summed E-state index contributed by atoms with van der Waals surface area (Å²) in [6, 6.07) is 18.5. The molecular formula is C27H23N3O6S. The molecule has 9 nitrogen and oxygen atoms in total. The van der Waals surface area contributed by atoms with E-state index < -0.39 is 16.1 Å². The average Bonchev–Trinajstić information content (AvgIpc) is 3.12. The molecule has 10 heteroatoms. The number of aryl methyl sites for hydroxylation is 2. The molecule has 1 N–H and O–H groups in total. The molecule has 1 fully saturated rings. The van der Waals surface area contributed by atoms with Gasteiger partial charge >= 0.3 is 0 Å². The standard InChI is InChI=1S/C27H23N3O6S/c1-17-10-11-22(18(2)12-17)28-25(31)16-36-21-8-5-6-19(13-21)14-24-26(32)29(27(33)37-24)15-20-7-3-4-9-23(20)30(34)35/h3-14H,15-16H2,1-2H3,(H,28,31)/b24-14-. The molecule has 3 amide bonds. The first-order valence-electron chi connectivity index (χ1n) is 11.3. The summed E-state index contributed by atoms with van der Waals surface area (Å²) in [5.41, 5.74) is 3.48. The van der Waals surface area contributed by atoms with E-state index in [0.717, 1.165) is 27.8 Å². The largest absolute Gasteiger partial charge is 0.484 e. The molecule has 3 aromatic carbocycles. The third kappa shape index (κ3) is 6.22. The van der Waals surface area contributed by atoms with Crippen LogP contribution in [0.5, 0.6) is 5.75 Å². The van der Waals surface area contributed by atoms with Crippen molar-refractivity contribution in [2.24, 2.45) is 0 Å². The van der Waals surface area contributed by atoms with E-state index in [2.05, 4.69) is 5.32 Å². The van der Waals surface area contributed by atoms with Gasteiger partial charge in [0, 0.05) is 17.3 Å². The van der Waals surface area contributed by atoms with E-state index in [9.17, 15) is 24.5 Å². The van der Waals surface area contributed by atoms with E-state index in [4.69, 9.17) is 4.74 Å². The fourth-order valence-corrected chi connectivity index (χ4v) is 4.60. The van der Waals surface area contributed by atoms with Crippen molar-refractivity contribution in [3.8, 4) is 5.75 Å². The van der Waals surface area contributed by atoms with Gasteiger partial charge in [-0.1, -0.05) is 48.0 Å². The van der Waals surface area contributed by atoms with E-state index in [1.54, 1.807) is 36.4 Å². The molecule has 1 aliphatic heterocycles. The van der Waals surface area contributed by atoms with Crippen molar-refractivity contribution in [1.82, 2.24) is 4.90 Å². The Kier molecular flexibility index (Phi) is 7.69. The maximum Gasteiger partial charge on any atom is 0.293 e. The molecule has 0 spiro atoms. The molecule has 0 aromatic heterocycles.